The van der Waals surface area contributed by atoms with E-state index in [4.69, 9.17) is 0 Å². The maximum Gasteiger partial charge on any atom is 0.243 e. The molecule has 1 saturated heterocycles. The van der Waals surface area contributed by atoms with Crippen LogP contribution in [0.2, 0.25) is 0 Å². The van der Waals surface area contributed by atoms with E-state index in [-0.39, 0.29) is 11.9 Å². The van der Waals surface area contributed by atoms with Gasteiger partial charge in [-0.25, -0.2) is 8.42 Å². The predicted molar refractivity (Wildman–Crippen MR) is 115 cm³/mol. The van der Waals surface area contributed by atoms with Crippen molar-refractivity contribution in [3.05, 3.63) is 29.3 Å². The van der Waals surface area contributed by atoms with E-state index in [1.165, 1.54) is 11.1 Å². The maximum absolute atomic E-state index is 13.0. The van der Waals surface area contributed by atoms with Crippen LogP contribution in [-0.4, -0.2) is 62.3 Å². The zero-order valence-corrected chi connectivity index (χ0v) is 18.8. The summed E-state index contributed by atoms with van der Waals surface area (Å²) >= 11 is 0. The molecule has 1 amide bonds. The first-order valence-electron chi connectivity index (χ1n) is 10.9. The molecule has 29 heavy (non-hydrogen) atoms. The van der Waals surface area contributed by atoms with Crippen LogP contribution >= 0.6 is 0 Å². The minimum absolute atomic E-state index is 0.0242. The number of aryl methyl sites for hydroxylation is 2. The average molecular weight is 422 g/mol. The number of nitrogens with zero attached hydrogens (tertiary/aromatic N) is 2. The summed E-state index contributed by atoms with van der Waals surface area (Å²) in [5, 5.41) is 3.06. The van der Waals surface area contributed by atoms with Gasteiger partial charge < -0.3 is 5.32 Å². The standard InChI is InChI=1S/C22H35N3O3S/c1-17(2)7-8-18(3)23-22(26)16-24-11-13-25(14-12-24)29(27,28)21-10-9-19-5-4-6-20(19)15-21/h9-10,15,17-18H,4-8,11-14,16H2,1-3H3,(H,23,26)/t18-/m1/s1. The zero-order valence-electron chi connectivity index (χ0n) is 18.0. The van der Waals surface area contributed by atoms with Crippen molar-refractivity contribution in [1.29, 1.82) is 0 Å². The van der Waals surface area contributed by atoms with Crippen molar-refractivity contribution in [2.24, 2.45) is 5.92 Å². The number of carbonyl (C=O) groups excluding carboxylic acids is 1. The molecule has 1 aromatic rings. The second-order valence-corrected chi connectivity index (χ2v) is 10.8. The Morgan fingerprint density at radius 3 is 2.41 bits per heavy atom. The fraction of sp³-hybridized carbons (Fsp3) is 0.682. The molecule has 1 N–H and O–H groups in total. The fourth-order valence-corrected chi connectivity index (χ4v) is 5.64. The minimum atomic E-state index is -3.46. The summed E-state index contributed by atoms with van der Waals surface area (Å²) in [4.78, 5) is 14.7. The van der Waals surface area contributed by atoms with E-state index in [2.05, 4.69) is 19.2 Å². The molecule has 2 aliphatic rings. The van der Waals surface area contributed by atoms with Gasteiger partial charge in [-0.15, -0.1) is 0 Å². The number of benzene rings is 1. The second-order valence-electron chi connectivity index (χ2n) is 8.90. The van der Waals surface area contributed by atoms with Crippen LogP contribution in [0, 0.1) is 5.92 Å². The lowest BCUT2D eigenvalue weighted by molar-refractivity contribution is -0.123. The number of carbonyl (C=O) groups is 1. The van der Waals surface area contributed by atoms with E-state index in [0.717, 1.165) is 32.1 Å². The van der Waals surface area contributed by atoms with Crippen LogP contribution in [0.1, 0.15) is 51.2 Å². The summed E-state index contributed by atoms with van der Waals surface area (Å²) in [6.07, 6.45) is 5.20. The molecule has 3 rings (SSSR count). The highest BCUT2D eigenvalue weighted by atomic mass is 32.2. The molecular formula is C22H35N3O3S. The van der Waals surface area contributed by atoms with E-state index in [0.29, 0.717) is 43.5 Å². The van der Waals surface area contributed by atoms with Crippen LogP contribution in [0.3, 0.4) is 0 Å². The number of hydrogen-bond donors (Lipinski definition) is 1. The Balaban J connectivity index is 1.49. The lowest BCUT2D eigenvalue weighted by atomic mass is 10.0. The van der Waals surface area contributed by atoms with Gasteiger partial charge in [0.25, 0.3) is 0 Å². The molecule has 0 unspecified atom stereocenters. The topological polar surface area (TPSA) is 69.7 Å². The molecule has 0 aromatic heterocycles. The Labute approximate surface area is 175 Å². The molecule has 0 saturated carbocycles. The van der Waals surface area contributed by atoms with Gasteiger partial charge in [0.05, 0.1) is 11.4 Å². The van der Waals surface area contributed by atoms with E-state index >= 15 is 0 Å². The summed E-state index contributed by atoms with van der Waals surface area (Å²) in [5.74, 6) is 0.659. The van der Waals surface area contributed by atoms with Crippen LogP contribution in [-0.2, 0) is 27.7 Å². The van der Waals surface area contributed by atoms with Gasteiger partial charge in [0.15, 0.2) is 0 Å². The number of sulfonamides is 1. The molecule has 162 valence electrons. The van der Waals surface area contributed by atoms with E-state index in [1.54, 1.807) is 10.4 Å². The third kappa shape index (κ3) is 5.80. The fourth-order valence-electron chi connectivity index (χ4n) is 4.16. The zero-order chi connectivity index (χ0) is 21.0. The predicted octanol–water partition coefficient (Wildman–Crippen LogP) is 2.42. The van der Waals surface area contributed by atoms with Crippen LogP contribution in [0.4, 0.5) is 0 Å². The Morgan fingerprint density at radius 1 is 1.03 bits per heavy atom. The first-order valence-corrected chi connectivity index (χ1v) is 12.3. The maximum atomic E-state index is 13.0. The summed E-state index contributed by atoms with van der Waals surface area (Å²) < 4.78 is 27.6. The molecular weight excluding hydrogens is 386 g/mol. The van der Waals surface area contributed by atoms with Crippen molar-refractivity contribution in [2.75, 3.05) is 32.7 Å². The van der Waals surface area contributed by atoms with Gasteiger partial charge in [0, 0.05) is 32.2 Å². The quantitative estimate of drug-likeness (QED) is 0.700. The number of fused-ring (bicyclic) bond motifs is 1. The smallest absolute Gasteiger partial charge is 0.243 e. The highest BCUT2D eigenvalue weighted by molar-refractivity contribution is 7.89. The Hall–Kier alpha value is -1.44. The number of rotatable bonds is 8. The molecule has 0 spiro atoms. The number of nitrogens with one attached hydrogen (secondary N) is 1. The van der Waals surface area contributed by atoms with Crippen molar-refractivity contribution in [1.82, 2.24) is 14.5 Å². The highest BCUT2D eigenvalue weighted by Crippen LogP contribution is 2.26. The Morgan fingerprint density at radius 2 is 1.72 bits per heavy atom. The average Bonchev–Trinajstić information content (AvgIpc) is 3.14. The van der Waals surface area contributed by atoms with Crippen LogP contribution in [0.5, 0.6) is 0 Å². The highest BCUT2D eigenvalue weighted by Gasteiger charge is 2.30. The van der Waals surface area contributed by atoms with Crippen molar-refractivity contribution < 1.29 is 13.2 Å². The lowest BCUT2D eigenvalue weighted by Crippen LogP contribution is -2.51. The number of hydrogen-bond acceptors (Lipinski definition) is 4. The monoisotopic (exact) mass is 421 g/mol. The molecule has 0 bridgehead atoms. The van der Waals surface area contributed by atoms with Crippen molar-refractivity contribution in [3.8, 4) is 0 Å². The van der Waals surface area contributed by atoms with E-state index < -0.39 is 10.0 Å². The molecule has 1 aromatic carbocycles. The van der Waals surface area contributed by atoms with Gasteiger partial charge in [-0.2, -0.15) is 4.31 Å². The van der Waals surface area contributed by atoms with E-state index in [1.807, 2.05) is 24.0 Å². The normalized spacial score (nSPS) is 19.3. The van der Waals surface area contributed by atoms with Crippen LogP contribution in [0.25, 0.3) is 0 Å². The number of piperazine rings is 1. The van der Waals surface area contributed by atoms with Crippen molar-refractivity contribution in [3.63, 3.8) is 0 Å². The van der Waals surface area contributed by atoms with Crippen molar-refractivity contribution >= 4 is 15.9 Å². The Bertz CT molecular complexity index is 815. The molecule has 7 heteroatoms. The molecule has 0 radical (unpaired) electrons. The minimum Gasteiger partial charge on any atom is -0.353 e. The van der Waals surface area contributed by atoms with Gasteiger partial charge in [0.1, 0.15) is 0 Å². The summed E-state index contributed by atoms with van der Waals surface area (Å²) in [7, 11) is -3.46. The summed E-state index contributed by atoms with van der Waals surface area (Å²) in [6, 6.07) is 5.75. The first-order chi connectivity index (χ1) is 13.8. The van der Waals surface area contributed by atoms with Gasteiger partial charge in [0.2, 0.25) is 15.9 Å². The Kier molecular flexibility index (Phi) is 7.35. The largest absolute Gasteiger partial charge is 0.353 e. The SMILES string of the molecule is CC(C)CC[C@@H](C)NC(=O)CN1CCN(S(=O)(=O)c2ccc3c(c2)CCC3)CC1. The van der Waals surface area contributed by atoms with Crippen molar-refractivity contribution in [2.45, 2.75) is 63.8 Å². The second kappa shape index (κ2) is 9.58. The van der Waals surface area contributed by atoms with Gasteiger partial charge in [-0.1, -0.05) is 19.9 Å². The third-order valence-electron chi connectivity index (χ3n) is 5.99. The van der Waals surface area contributed by atoms with Crippen LogP contribution in [0.15, 0.2) is 23.1 Å². The molecule has 1 aliphatic carbocycles. The molecule has 1 heterocycles. The summed E-state index contributed by atoms with van der Waals surface area (Å²) in [5.41, 5.74) is 2.45. The summed E-state index contributed by atoms with van der Waals surface area (Å²) in [6.45, 7) is 8.76. The van der Waals surface area contributed by atoms with Gasteiger partial charge >= 0.3 is 0 Å². The molecule has 6 nitrogen and oxygen atoms in total. The third-order valence-corrected chi connectivity index (χ3v) is 7.89. The van der Waals surface area contributed by atoms with Gasteiger partial charge in [-0.3, -0.25) is 9.69 Å². The lowest BCUT2D eigenvalue weighted by Gasteiger charge is -2.33. The molecule has 1 atom stereocenters. The van der Waals surface area contributed by atoms with E-state index in [9.17, 15) is 13.2 Å². The molecule has 1 aliphatic heterocycles. The van der Waals surface area contributed by atoms with Gasteiger partial charge in [-0.05, 0) is 68.2 Å². The number of amides is 1. The first kappa shape index (κ1) is 22.2. The molecule has 1 fully saturated rings. The van der Waals surface area contributed by atoms with Crippen LogP contribution < -0.4 is 5.32 Å².